The van der Waals surface area contributed by atoms with Crippen molar-refractivity contribution in [3.05, 3.63) is 72.6 Å². The van der Waals surface area contributed by atoms with Crippen molar-refractivity contribution >= 4 is 34.6 Å². The zero-order valence-corrected chi connectivity index (χ0v) is 27.1. The fourth-order valence-corrected chi connectivity index (χ4v) is 6.80. The van der Waals surface area contributed by atoms with Crippen molar-refractivity contribution in [2.45, 2.75) is 43.8 Å². The lowest BCUT2D eigenvalue weighted by Crippen LogP contribution is -2.45. The molecule has 0 spiro atoms. The van der Waals surface area contributed by atoms with Crippen LogP contribution in [0.3, 0.4) is 0 Å². The van der Waals surface area contributed by atoms with Crippen LogP contribution in [0, 0.1) is 11.6 Å². The first-order valence-electron chi connectivity index (χ1n) is 16.0. The highest BCUT2D eigenvalue weighted by molar-refractivity contribution is 6.02. The summed E-state index contributed by atoms with van der Waals surface area (Å²) in [6.45, 7) is 7.87. The van der Waals surface area contributed by atoms with Crippen LogP contribution in [0.25, 0.3) is 0 Å². The summed E-state index contributed by atoms with van der Waals surface area (Å²) in [4.78, 5) is 34.3. The maximum absolute atomic E-state index is 14.7. The van der Waals surface area contributed by atoms with Crippen LogP contribution < -0.4 is 25.3 Å². The van der Waals surface area contributed by atoms with Crippen LogP contribution >= 0.6 is 0 Å². The molecule has 2 atom stereocenters. The van der Waals surface area contributed by atoms with Gasteiger partial charge in [0.05, 0.1) is 36.8 Å². The number of rotatable bonds is 10. The monoisotopic (exact) mass is 648 g/mol. The Hall–Kier alpha value is -4.33. The van der Waals surface area contributed by atoms with Crippen LogP contribution in [-0.2, 0) is 9.63 Å². The zero-order chi connectivity index (χ0) is 33.1. The molecule has 6 rings (SSSR count). The average Bonchev–Trinajstić information content (AvgIpc) is 3.77. The summed E-state index contributed by atoms with van der Waals surface area (Å²) in [6.07, 6.45) is 6.32. The van der Waals surface area contributed by atoms with Gasteiger partial charge in [-0.25, -0.2) is 23.8 Å². The first kappa shape index (κ1) is 32.6. The lowest BCUT2D eigenvalue weighted by molar-refractivity contribution is -0.111. The topological polar surface area (TPSA) is 98.3 Å². The van der Waals surface area contributed by atoms with Gasteiger partial charge in [-0.15, -0.1) is 0 Å². The van der Waals surface area contributed by atoms with Gasteiger partial charge < -0.3 is 25.2 Å². The van der Waals surface area contributed by atoms with Crippen LogP contribution in [0.5, 0.6) is 5.75 Å². The summed E-state index contributed by atoms with van der Waals surface area (Å²) in [6, 6.07) is 9.37. The molecule has 1 amide bonds. The molecule has 3 aromatic rings. The maximum Gasteiger partial charge on any atom is 0.247 e. The van der Waals surface area contributed by atoms with E-state index in [9.17, 15) is 13.6 Å². The second-order valence-corrected chi connectivity index (χ2v) is 12.4. The fourth-order valence-electron chi connectivity index (χ4n) is 6.80. The molecule has 0 bridgehead atoms. The number of hydroxylamine groups is 1. The molecule has 250 valence electrons. The first-order chi connectivity index (χ1) is 22.7. The number of aromatic nitrogens is 2. The van der Waals surface area contributed by atoms with Crippen LogP contribution in [-0.4, -0.2) is 91.7 Å². The third-order valence-corrected chi connectivity index (χ3v) is 9.37. The second-order valence-electron chi connectivity index (χ2n) is 12.4. The molecule has 4 heterocycles. The molecule has 3 fully saturated rings. The minimum absolute atomic E-state index is 0.192. The van der Waals surface area contributed by atoms with E-state index in [1.54, 1.807) is 13.2 Å². The summed E-state index contributed by atoms with van der Waals surface area (Å²) in [5, 5.41) is 7.73. The van der Waals surface area contributed by atoms with Crippen molar-refractivity contribution < 1.29 is 23.1 Å². The number of carbonyl (C=O) groups excluding carboxylic acids is 1. The third kappa shape index (κ3) is 7.16. The van der Waals surface area contributed by atoms with E-state index < -0.39 is 17.7 Å². The normalized spacial score (nSPS) is 20.6. The summed E-state index contributed by atoms with van der Waals surface area (Å²) in [5.74, 6) is -0.0148. The molecule has 2 aromatic carbocycles. The molecule has 3 aliphatic heterocycles. The predicted octanol–water partition coefficient (Wildman–Crippen LogP) is 5.12. The standard InChI is InChI=1S/C34H42F2N8O3/c1-5-34(45)40-27-17-28(31(46-4)18-30(27)42-12-8-23(9-13-42)43-14-10-24(20-43)41(2)3)39-32-19-33(38-21-37-32)44-29(11-15-47-44)25-16-22(35)6-7-26(25)36/h5-7,16-19,21,23-24,29H,1,8-15,20H2,2-4H3,(H,40,45)(H,37,38,39)/t24-,29+/m0/s1. The van der Waals surface area contributed by atoms with Gasteiger partial charge >= 0.3 is 0 Å². The number of hydrogen-bond donors (Lipinski definition) is 2. The molecule has 13 heteroatoms. The number of benzene rings is 2. The van der Waals surface area contributed by atoms with Crippen molar-refractivity contribution in [1.29, 1.82) is 0 Å². The Kier molecular flexibility index (Phi) is 9.85. The van der Waals surface area contributed by atoms with Gasteiger partial charge in [0.25, 0.3) is 0 Å². The lowest BCUT2D eigenvalue weighted by atomic mass is 10.0. The van der Waals surface area contributed by atoms with Crippen molar-refractivity contribution in [2.24, 2.45) is 0 Å². The number of nitrogens with zero attached hydrogens (tertiary/aromatic N) is 6. The highest BCUT2D eigenvalue weighted by atomic mass is 19.1. The lowest BCUT2D eigenvalue weighted by Gasteiger charge is -2.39. The Labute approximate surface area is 274 Å². The van der Waals surface area contributed by atoms with E-state index in [0.29, 0.717) is 53.9 Å². The first-order valence-corrected chi connectivity index (χ1v) is 16.0. The summed E-state index contributed by atoms with van der Waals surface area (Å²) in [7, 11) is 5.90. The maximum atomic E-state index is 14.7. The largest absolute Gasteiger partial charge is 0.494 e. The SMILES string of the molecule is C=CC(=O)Nc1cc(Nc2cc(N3OCC[C@@H]3c3cc(F)ccc3F)ncn2)c(OC)cc1N1CCC(N2CC[C@H](N(C)C)C2)CC1. The molecule has 3 aliphatic rings. The van der Waals surface area contributed by atoms with Gasteiger partial charge in [-0.3, -0.25) is 14.5 Å². The molecule has 2 N–H and O–H groups in total. The highest BCUT2D eigenvalue weighted by Gasteiger charge is 2.33. The average molecular weight is 649 g/mol. The number of carbonyl (C=O) groups is 1. The molecular weight excluding hydrogens is 606 g/mol. The van der Waals surface area contributed by atoms with Gasteiger partial charge in [0, 0.05) is 62.4 Å². The number of methoxy groups -OCH3 is 1. The zero-order valence-electron chi connectivity index (χ0n) is 27.1. The van der Waals surface area contributed by atoms with Crippen molar-refractivity contribution in [3.8, 4) is 5.75 Å². The van der Waals surface area contributed by atoms with Crippen LogP contribution in [0.4, 0.5) is 37.5 Å². The number of likely N-dealkylation sites (tertiary alicyclic amines) is 1. The van der Waals surface area contributed by atoms with Crippen LogP contribution in [0.15, 0.2) is 55.4 Å². The quantitative estimate of drug-likeness (QED) is 0.289. The van der Waals surface area contributed by atoms with E-state index >= 15 is 0 Å². The Morgan fingerprint density at radius 3 is 2.60 bits per heavy atom. The van der Waals surface area contributed by atoms with E-state index in [1.165, 1.54) is 30.0 Å². The number of anilines is 5. The second kappa shape index (κ2) is 14.2. The molecule has 0 aliphatic carbocycles. The van der Waals surface area contributed by atoms with Gasteiger partial charge in [0.2, 0.25) is 5.91 Å². The predicted molar refractivity (Wildman–Crippen MR) is 178 cm³/mol. The Bertz CT molecular complexity index is 1600. The van der Waals surface area contributed by atoms with Crippen molar-refractivity contribution in [1.82, 2.24) is 19.8 Å². The molecule has 11 nitrogen and oxygen atoms in total. The molecule has 3 saturated heterocycles. The van der Waals surface area contributed by atoms with Crippen molar-refractivity contribution in [3.63, 3.8) is 0 Å². The summed E-state index contributed by atoms with van der Waals surface area (Å²) < 4.78 is 34.5. The van der Waals surface area contributed by atoms with Crippen LogP contribution in [0.2, 0.25) is 0 Å². The number of nitrogens with one attached hydrogen (secondary N) is 2. The van der Waals surface area contributed by atoms with E-state index in [-0.39, 0.29) is 11.5 Å². The Morgan fingerprint density at radius 2 is 1.87 bits per heavy atom. The van der Waals surface area contributed by atoms with Crippen molar-refractivity contribution in [2.75, 3.05) is 74.6 Å². The number of ether oxygens (including phenoxy) is 1. The van der Waals surface area contributed by atoms with E-state index in [4.69, 9.17) is 9.57 Å². The molecule has 0 saturated carbocycles. The number of likely N-dealkylation sites (N-methyl/N-ethyl adjacent to an activating group) is 1. The number of piperidine rings is 1. The molecular formula is C34H42F2N8O3. The van der Waals surface area contributed by atoms with E-state index in [0.717, 1.165) is 56.8 Å². The highest BCUT2D eigenvalue weighted by Crippen LogP contribution is 2.41. The molecule has 47 heavy (non-hydrogen) atoms. The van der Waals surface area contributed by atoms with E-state index in [1.807, 2.05) is 12.1 Å². The Morgan fingerprint density at radius 1 is 1.06 bits per heavy atom. The third-order valence-electron chi connectivity index (χ3n) is 9.37. The molecule has 1 aromatic heterocycles. The fraction of sp³-hybridized carbons (Fsp3) is 0.441. The minimum atomic E-state index is -0.563. The van der Waals surface area contributed by atoms with E-state index in [2.05, 4.69) is 56.0 Å². The smallest absolute Gasteiger partial charge is 0.247 e. The van der Waals surface area contributed by atoms with Gasteiger partial charge in [-0.05, 0) is 63.7 Å². The minimum Gasteiger partial charge on any atom is -0.494 e. The number of amides is 1. The van der Waals surface area contributed by atoms with Gasteiger partial charge in [0.15, 0.2) is 5.82 Å². The van der Waals surface area contributed by atoms with Crippen LogP contribution in [0.1, 0.15) is 37.3 Å². The van der Waals surface area contributed by atoms with Gasteiger partial charge in [0.1, 0.15) is 29.5 Å². The summed E-state index contributed by atoms with van der Waals surface area (Å²) in [5.41, 5.74) is 2.24. The Balaban J connectivity index is 1.22. The number of halogens is 2. The number of hydrogen-bond acceptors (Lipinski definition) is 10. The molecule has 0 unspecified atom stereocenters. The van der Waals surface area contributed by atoms with Gasteiger partial charge in [-0.2, -0.15) is 0 Å². The summed E-state index contributed by atoms with van der Waals surface area (Å²) >= 11 is 0. The molecule has 0 radical (unpaired) electrons. The van der Waals surface area contributed by atoms with Gasteiger partial charge in [-0.1, -0.05) is 6.58 Å².